The predicted molar refractivity (Wildman–Crippen MR) is 65.7 cm³/mol. The topological polar surface area (TPSA) is 43.4 Å². The van der Waals surface area contributed by atoms with Gasteiger partial charge in [-0.1, -0.05) is 6.07 Å². The van der Waals surface area contributed by atoms with Crippen LogP contribution in [0.4, 0.5) is 0 Å². The Bertz CT molecular complexity index is 362. The van der Waals surface area contributed by atoms with Crippen molar-refractivity contribution in [3.63, 3.8) is 0 Å². The molecule has 2 rings (SSSR count). The first-order valence-corrected chi connectivity index (χ1v) is 5.88. The molecule has 0 spiro atoms. The van der Waals surface area contributed by atoms with Crippen LogP contribution in [0, 0.1) is 0 Å². The van der Waals surface area contributed by atoms with Gasteiger partial charge in [0.1, 0.15) is 6.10 Å². The maximum atomic E-state index is 5.47. The third-order valence-electron chi connectivity index (χ3n) is 2.73. The fourth-order valence-electron chi connectivity index (χ4n) is 1.75. The molecule has 1 aromatic heterocycles. The van der Waals surface area contributed by atoms with Gasteiger partial charge in [-0.3, -0.25) is 0 Å². The highest BCUT2D eigenvalue weighted by Gasteiger charge is 2.09. The molecule has 1 aromatic rings. The summed E-state index contributed by atoms with van der Waals surface area (Å²) in [5, 5.41) is 3.37. The Kier molecular flexibility index (Phi) is 4.38. The van der Waals surface area contributed by atoms with Gasteiger partial charge in [0, 0.05) is 25.4 Å². The fourth-order valence-corrected chi connectivity index (χ4v) is 1.75. The first-order valence-electron chi connectivity index (χ1n) is 5.88. The summed E-state index contributed by atoms with van der Waals surface area (Å²) in [4.78, 5) is 4.16. The average molecular weight is 234 g/mol. The maximum Gasteiger partial charge on any atom is 0.212 e. The molecule has 0 amide bonds. The van der Waals surface area contributed by atoms with Crippen LogP contribution >= 0.6 is 0 Å². The van der Waals surface area contributed by atoms with Crippen molar-refractivity contribution in [2.24, 2.45) is 0 Å². The van der Waals surface area contributed by atoms with E-state index in [4.69, 9.17) is 9.47 Å². The van der Waals surface area contributed by atoms with Crippen molar-refractivity contribution in [3.05, 3.63) is 36.2 Å². The molecule has 0 aromatic carbocycles. The highest BCUT2D eigenvalue weighted by atomic mass is 16.5. The van der Waals surface area contributed by atoms with Crippen molar-refractivity contribution in [2.45, 2.75) is 25.5 Å². The molecule has 0 fully saturated rings. The second-order valence-corrected chi connectivity index (χ2v) is 4.05. The number of aromatic nitrogens is 1. The second kappa shape index (κ2) is 6.25. The Balaban J connectivity index is 1.72. The van der Waals surface area contributed by atoms with Crippen LogP contribution in [0.5, 0.6) is 5.88 Å². The molecule has 1 unspecified atom stereocenters. The summed E-state index contributed by atoms with van der Waals surface area (Å²) in [5.74, 6) is 0.648. The Hall–Kier alpha value is -1.55. The lowest BCUT2D eigenvalue weighted by atomic mass is 10.1. The van der Waals surface area contributed by atoms with E-state index >= 15 is 0 Å². The molecule has 1 N–H and O–H groups in total. The van der Waals surface area contributed by atoms with Crippen LogP contribution in [0.25, 0.3) is 0 Å². The average Bonchev–Trinajstić information content (AvgIpc) is 2.41. The largest absolute Gasteiger partial charge is 0.497 e. The van der Waals surface area contributed by atoms with Gasteiger partial charge in [0.15, 0.2) is 0 Å². The summed E-state index contributed by atoms with van der Waals surface area (Å²) in [7, 11) is 1.62. The molecule has 0 saturated heterocycles. The molecule has 0 bridgehead atoms. The van der Waals surface area contributed by atoms with E-state index in [2.05, 4.69) is 16.4 Å². The second-order valence-electron chi connectivity index (χ2n) is 4.05. The van der Waals surface area contributed by atoms with Crippen molar-refractivity contribution in [2.75, 3.05) is 13.7 Å². The monoisotopic (exact) mass is 234 g/mol. The van der Waals surface area contributed by atoms with E-state index in [0.29, 0.717) is 12.0 Å². The smallest absolute Gasteiger partial charge is 0.212 e. The van der Waals surface area contributed by atoms with Crippen LogP contribution in [0.1, 0.15) is 18.4 Å². The van der Waals surface area contributed by atoms with Crippen molar-refractivity contribution in [3.8, 4) is 5.88 Å². The van der Waals surface area contributed by atoms with Crippen LogP contribution in [-0.4, -0.2) is 24.7 Å². The normalized spacial score (nSPS) is 18.8. The third-order valence-corrected chi connectivity index (χ3v) is 2.73. The van der Waals surface area contributed by atoms with E-state index in [1.165, 1.54) is 0 Å². The number of methoxy groups -OCH3 is 1. The molecule has 0 radical (unpaired) electrons. The molecule has 92 valence electrons. The Morgan fingerprint density at radius 3 is 3.12 bits per heavy atom. The van der Waals surface area contributed by atoms with Gasteiger partial charge >= 0.3 is 0 Å². The molecular weight excluding hydrogens is 216 g/mol. The zero-order valence-corrected chi connectivity index (χ0v) is 10.1. The predicted octanol–water partition coefficient (Wildman–Crippen LogP) is 1.87. The van der Waals surface area contributed by atoms with Gasteiger partial charge in [0.05, 0.1) is 13.4 Å². The van der Waals surface area contributed by atoms with E-state index in [-0.39, 0.29) is 0 Å². The SMILES string of the molecule is COc1ccc(CNCC2CCC=CO2)cn1. The van der Waals surface area contributed by atoms with Crippen LogP contribution in [0.15, 0.2) is 30.7 Å². The molecule has 4 nitrogen and oxygen atoms in total. The number of nitrogens with zero attached hydrogens (tertiary/aromatic N) is 1. The molecular formula is C13H18N2O2. The van der Waals surface area contributed by atoms with Gasteiger partial charge < -0.3 is 14.8 Å². The van der Waals surface area contributed by atoms with Gasteiger partial charge in [-0.2, -0.15) is 0 Å². The molecule has 1 atom stereocenters. The molecule has 1 aliphatic rings. The van der Waals surface area contributed by atoms with Crippen molar-refractivity contribution < 1.29 is 9.47 Å². The van der Waals surface area contributed by atoms with Gasteiger partial charge in [-0.15, -0.1) is 0 Å². The summed E-state index contributed by atoms with van der Waals surface area (Å²) in [6.07, 6.45) is 8.18. The number of hydrogen-bond acceptors (Lipinski definition) is 4. The third kappa shape index (κ3) is 3.75. The summed E-state index contributed by atoms with van der Waals surface area (Å²) < 4.78 is 10.5. The summed E-state index contributed by atoms with van der Waals surface area (Å²) in [6, 6.07) is 3.89. The minimum absolute atomic E-state index is 0.297. The number of rotatable bonds is 5. The zero-order chi connectivity index (χ0) is 11.9. The van der Waals surface area contributed by atoms with Crippen LogP contribution in [0.3, 0.4) is 0 Å². The minimum Gasteiger partial charge on any atom is -0.497 e. The van der Waals surface area contributed by atoms with Gasteiger partial charge in [-0.05, 0) is 24.5 Å². The van der Waals surface area contributed by atoms with Crippen LogP contribution in [-0.2, 0) is 11.3 Å². The zero-order valence-electron chi connectivity index (χ0n) is 10.1. The quantitative estimate of drug-likeness (QED) is 0.844. The van der Waals surface area contributed by atoms with E-state index in [1.54, 1.807) is 13.4 Å². The molecule has 4 heteroatoms. The van der Waals surface area contributed by atoms with Gasteiger partial charge in [0.25, 0.3) is 0 Å². The molecule has 1 aliphatic heterocycles. The number of ether oxygens (including phenoxy) is 2. The number of allylic oxidation sites excluding steroid dienone is 1. The van der Waals surface area contributed by atoms with Crippen molar-refractivity contribution >= 4 is 0 Å². The Labute approximate surface area is 102 Å². The summed E-state index contributed by atoms with van der Waals surface area (Å²) >= 11 is 0. The fraction of sp³-hybridized carbons (Fsp3) is 0.462. The highest BCUT2D eigenvalue weighted by Crippen LogP contribution is 2.10. The standard InChI is InChI=1S/C13H18N2O2/c1-16-13-6-5-11(9-15-13)8-14-10-12-4-2-3-7-17-12/h3,5-7,9,12,14H,2,4,8,10H2,1H3. The molecule has 0 saturated carbocycles. The van der Waals surface area contributed by atoms with E-state index in [9.17, 15) is 0 Å². The first kappa shape index (κ1) is 11.9. The maximum absolute atomic E-state index is 5.47. The van der Waals surface area contributed by atoms with Gasteiger partial charge in [-0.25, -0.2) is 4.98 Å². The summed E-state index contributed by atoms with van der Waals surface area (Å²) in [6.45, 7) is 1.68. The van der Waals surface area contributed by atoms with E-state index < -0.39 is 0 Å². The lowest BCUT2D eigenvalue weighted by molar-refractivity contribution is 0.122. The minimum atomic E-state index is 0.297. The summed E-state index contributed by atoms with van der Waals surface area (Å²) in [5.41, 5.74) is 1.15. The highest BCUT2D eigenvalue weighted by molar-refractivity contribution is 5.17. The molecule has 17 heavy (non-hydrogen) atoms. The van der Waals surface area contributed by atoms with Crippen molar-refractivity contribution in [1.29, 1.82) is 0 Å². The van der Waals surface area contributed by atoms with Gasteiger partial charge in [0.2, 0.25) is 5.88 Å². The number of nitrogens with one attached hydrogen (secondary N) is 1. The lowest BCUT2D eigenvalue weighted by Crippen LogP contribution is -2.28. The Morgan fingerprint density at radius 2 is 2.47 bits per heavy atom. The molecule has 2 heterocycles. The van der Waals surface area contributed by atoms with Crippen LogP contribution in [0.2, 0.25) is 0 Å². The van der Waals surface area contributed by atoms with E-state index in [1.807, 2.05) is 18.3 Å². The lowest BCUT2D eigenvalue weighted by Gasteiger charge is -2.19. The van der Waals surface area contributed by atoms with Crippen molar-refractivity contribution in [1.82, 2.24) is 10.3 Å². The molecule has 0 aliphatic carbocycles. The van der Waals surface area contributed by atoms with E-state index in [0.717, 1.165) is 31.5 Å². The number of pyridine rings is 1. The first-order chi connectivity index (χ1) is 8.38. The Morgan fingerprint density at radius 1 is 1.53 bits per heavy atom. The van der Waals surface area contributed by atoms with Crippen LogP contribution < -0.4 is 10.1 Å². The number of hydrogen-bond donors (Lipinski definition) is 1.